The Hall–Kier alpha value is -1.04. The number of hydrogen-bond donors (Lipinski definition) is 1. The first-order valence-corrected chi connectivity index (χ1v) is 7.66. The second-order valence-electron chi connectivity index (χ2n) is 6.25. The van der Waals surface area contributed by atoms with Crippen LogP contribution in [0.1, 0.15) is 31.4 Å². The van der Waals surface area contributed by atoms with Crippen molar-refractivity contribution in [1.82, 2.24) is 9.80 Å². The van der Waals surface area contributed by atoms with Crippen LogP contribution in [-0.4, -0.2) is 53.2 Å². The first kappa shape index (κ1) is 14.9. The largest absolute Gasteiger partial charge is 0.387 e. The molecule has 3 rings (SSSR count). The van der Waals surface area contributed by atoms with Gasteiger partial charge in [-0.3, -0.25) is 9.80 Å². The Labute approximate surface area is 124 Å². The first-order valence-electron chi connectivity index (χ1n) is 7.66. The molecule has 3 nitrogen and oxygen atoms in total. The maximum absolute atomic E-state index is 13.8. The Morgan fingerprint density at radius 1 is 1.33 bits per heavy atom. The molecule has 1 N–H and O–H groups in total. The number of aliphatic hydroxyl groups excluding tert-OH is 1. The summed E-state index contributed by atoms with van der Waals surface area (Å²) < 4.78 is 27.0. The molecular weight excluding hydrogens is 274 g/mol. The maximum atomic E-state index is 13.8. The van der Waals surface area contributed by atoms with Crippen LogP contribution < -0.4 is 0 Å². The number of halogens is 2. The average molecular weight is 296 g/mol. The number of hydrogen-bond acceptors (Lipinski definition) is 3. The summed E-state index contributed by atoms with van der Waals surface area (Å²) in [5, 5.41) is 10.3. The van der Waals surface area contributed by atoms with Crippen molar-refractivity contribution in [2.45, 2.75) is 38.0 Å². The third-order valence-corrected chi connectivity index (χ3v) is 4.81. The first-order chi connectivity index (χ1) is 10.1. The topological polar surface area (TPSA) is 26.7 Å². The molecule has 0 spiro atoms. The minimum atomic E-state index is -0.990. The number of aliphatic hydroxyl groups is 1. The van der Waals surface area contributed by atoms with Gasteiger partial charge in [-0.1, -0.05) is 12.1 Å². The molecule has 116 valence electrons. The van der Waals surface area contributed by atoms with Gasteiger partial charge >= 0.3 is 0 Å². The quantitative estimate of drug-likeness (QED) is 0.926. The van der Waals surface area contributed by atoms with Crippen LogP contribution in [0.15, 0.2) is 18.2 Å². The fourth-order valence-electron chi connectivity index (χ4n) is 3.60. The van der Waals surface area contributed by atoms with E-state index in [2.05, 4.69) is 16.7 Å². The van der Waals surface area contributed by atoms with E-state index in [4.69, 9.17) is 0 Å². The molecule has 0 aromatic heterocycles. The van der Waals surface area contributed by atoms with E-state index in [0.29, 0.717) is 18.6 Å². The van der Waals surface area contributed by atoms with Gasteiger partial charge in [-0.2, -0.15) is 0 Å². The Morgan fingerprint density at radius 3 is 2.95 bits per heavy atom. The standard InChI is InChI=1S/C16H22F2N2O/c1-11-8-19-7-3-4-12(19)9-20(11)10-15(21)13-5-2-6-14(17)16(13)18/h2,5-6,11-12,15,21H,3-4,7-10H2,1H3. The van der Waals surface area contributed by atoms with Crippen molar-refractivity contribution < 1.29 is 13.9 Å². The lowest BCUT2D eigenvalue weighted by Gasteiger charge is -2.43. The predicted octanol–water partition coefficient (Wildman–Crippen LogP) is 2.17. The number of β-amino-alcohol motifs (C(OH)–C–C–N with tert-alkyl or cyclic N) is 1. The van der Waals surface area contributed by atoms with Gasteiger partial charge < -0.3 is 5.11 Å². The Bertz CT molecular complexity index is 511. The molecule has 2 fully saturated rings. The van der Waals surface area contributed by atoms with Crippen molar-refractivity contribution in [3.8, 4) is 0 Å². The average Bonchev–Trinajstić information content (AvgIpc) is 2.89. The molecule has 0 radical (unpaired) electrons. The van der Waals surface area contributed by atoms with E-state index in [0.717, 1.165) is 25.7 Å². The zero-order chi connectivity index (χ0) is 15.0. The van der Waals surface area contributed by atoms with E-state index in [-0.39, 0.29) is 5.56 Å². The number of nitrogens with zero attached hydrogens (tertiary/aromatic N) is 2. The summed E-state index contributed by atoms with van der Waals surface area (Å²) in [6, 6.07) is 4.84. The highest BCUT2D eigenvalue weighted by molar-refractivity contribution is 5.21. The van der Waals surface area contributed by atoms with Crippen molar-refractivity contribution in [3.63, 3.8) is 0 Å². The van der Waals surface area contributed by atoms with Crippen LogP contribution in [0.4, 0.5) is 8.78 Å². The molecule has 3 unspecified atom stereocenters. The number of fused-ring (bicyclic) bond motifs is 1. The van der Waals surface area contributed by atoms with Gasteiger partial charge in [0, 0.05) is 37.3 Å². The predicted molar refractivity (Wildman–Crippen MR) is 76.9 cm³/mol. The highest BCUT2D eigenvalue weighted by Crippen LogP contribution is 2.27. The number of rotatable bonds is 3. The molecule has 0 bridgehead atoms. The summed E-state index contributed by atoms with van der Waals surface area (Å²) >= 11 is 0. The SMILES string of the molecule is CC1CN2CCCC2CN1CC(O)c1cccc(F)c1F. The van der Waals surface area contributed by atoms with E-state index in [1.165, 1.54) is 25.0 Å². The Balaban J connectivity index is 1.69. The van der Waals surface area contributed by atoms with Crippen molar-refractivity contribution in [3.05, 3.63) is 35.4 Å². The zero-order valence-electron chi connectivity index (χ0n) is 12.3. The van der Waals surface area contributed by atoms with Gasteiger partial charge in [0.15, 0.2) is 11.6 Å². The molecule has 2 aliphatic heterocycles. The van der Waals surface area contributed by atoms with E-state index in [1.54, 1.807) is 0 Å². The fourth-order valence-corrected chi connectivity index (χ4v) is 3.60. The highest BCUT2D eigenvalue weighted by atomic mass is 19.2. The van der Waals surface area contributed by atoms with Crippen LogP contribution >= 0.6 is 0 Å². The van der Waals surface area contributed by atoms with Gasteiger partial charge in [0.05, 0.1) is 6.10 Å². The van der Waals surface area contributed by atoms with Gasteiger partial charge in [-0.15, -0.1) is 0 Å². The highest BCUT2D eigenvalue weighted by Gasteiger charge is 2.35. The molecule has 3 atom stereocenters. The van der Waals surface area contributed by atoms with Crippen molar-refractivity contribution >= 4 is 0 Å². The van der Waals surface area contributed by atoms with Crippen LogP contribution in [-0.2, 0) is 0 Å². The van der Waals surface area contributed by atoms with Crippen LogP contribution in [0.2, 0.25) is 0 Å². The van der Waals surface area contributed by atoms with Crippen molar-refractivity contribution in [2.24, 2.45) is 0 Å². The number of piperazine rings is 1. The Morgan fingerprint density at radius 2 is 2.14 bits per heavy atom. The van der Waals surface area contributed by atoms with Gasteiger partial charge in [0.25, 0.3) is 0 Å². The molecule has 1 aromatic carbocycles. The summed E-state index contributed by atoms with van der Waals surface area (Å²) in [5.74, 6) is -1.84. The molecular formula is C16H22F2N2O. The summed E-state index contributed by atoms with van der Waals surface area (Å²) in [5.41, 5.74) is 0.0519. The Kier molecular flexibility index (Phi) is 4.24. The van der Waals surface area contributed by atoms with Crippen molar-refractivity contribution in [1.29, 1.82) is 0 Å². The smallest absolute Gasteiger partial charge is 0.164 e. The second-order valence-corrected chi connectivity index (χ2v) is 6.25. The third kappa shape index (κ3) is 2.96. The van der Waals surface area contributed by atoms with Gasteiger partial charge in [-0.25, -0.2) is 8.78 Å². The van der Waals surface area contributed by atoms with Gasteiger partial charge in [0.1, 0.15) is 0 Å². The van der Waals surface area contributed by atoms with Gasteiger partial charge in [0.2, 0.25) is 0 Å². The van der Waals surface area contributed by atoms with E-state index >= 15 is 0 Å². The minimum absolute atomic E-state index is 0.0519. The van der Waals surface area contributed by atoms with E-state index < -0.39 is 17.7 Å². The third-order valence-electron chi connectivity index (χ3n) is 4.81. The van der Waals surface area contributed by atoms with E-state index in [9.17, 15) is 13.9 Å². The molecule has 0 saturated carbocycles. The summed E-state index contributed by atoms with van der Waals surface area (Å²) in [6.07, 6.45) is 1.43. The lowest BCUT2D eigenvalue weighted by molar-refractivity contribution is 0.0215. The number of benzene rings is 1. The summed E-state index contributed by atoms with van der Waals surface area (Å²) in [7, 11) is 0. The molecule has 0 amide bonds. The monoisotopic (exact) mass is 296 g/mol. The van der Waals surface area contributed by atoms with Gasteiger partial charge in [-0.05, 0) is 32.4 Å². The van der Waals surface area contributed by atoms with Crippen LogP contribution in [0, 0.1) is 11.6 Å². The van der Waals surface area contributed by atoms with Crippen LogP contribution in [0.5, 0.6) is 0 Å². The van der Waals surface area contributed by atoms with Crippen LogP contribution in [0.3, 0.4) is 0 Å². The molecule has 2 saturated heterocycles. The lowest BCUT2D eigenvalue weighted by atomic mass is 10.0. The lowest BCUT2D eigenvalue weighted by Crippen LogP contribution is -2.55. The van der Waals surface area contributed by atoms with E-state index in [1.807, 2.05) is 0 Å². The summed E-state index contributed by atoms with van der Waals surface area (Å²) in [4.78, 5) is 4.69. The molecule has 1 aromatic rings. The maximum Gasteiger partial charge on any atom is 0.164 e. The van der Waals surface area contributed by atoms with Crippen LogP contribution in [0.25, 0.3) is 0 Å². The summed E-state index contributed by atoms with van der Waals surface area (Å²) in [6.45, 7) is 5.52. The minimum Gasteiger partial charge on any atom is -0.387 e. The normalized spacial score (nSPS) is 28.6. The molecule has 2 heterocycles. The fraction of sp³-hybridized carbons (Fsp3) is 0.625. The van der Waals surface area contributed by atoms with Crippen molar-refractivity contribution in [2.75, 3.05) is 26.2 Å². The molecule has 2 aliphatic rings. The molecule has 5 heteroatoms. The molecule has 0 aliphatic carbocycles. The second kappa shape index (κ2) is 5.99. The molecule has 21 heavy (non-hydrogen) atoms. The zero-order valence-corrected chi connectivity index (χ0v) is 12.3.